The van der Waals surface area contributed by atoms with Crippen molar-refractivity contribution in [2.75, 3.05) is 26.2 Å². The molecule has 1 saturated heterocycles. The number of aliphatic imine (C=N–C) groups is 1. The molecular weight excluding hydrogens is 256 g/mol. The van der Waals surface area contributed by atoms with Crippen LogP contribution in [0.25, 0.3) is 0 Å². The van der Waals surface area contributed by atoms with Crippen molar-refractivity contribution in [2.24, 2.45) is 4.99 Å². The topological polar surface area (TPSA) is 57.2 Å². The van der Waals surface area contributed by atoms with E-state index in [4.69, 9.17) is 4.74 Å². The molecule has 112 valence electrons. The molecule has 2 fully saturated rings. The van der Waals surface area contributed by atoms with Crippen LogP contribution in [0.3, 0.4) is 0 Å². The van der Waals surface area contributed by atoms with Gasteiger partial charge in [-0.05, 0) is 33.6 Å². The highest BCUT2D eigenvalue weighted by Gasteiger charge is 2.37. The number of rotatable bonds is 1. The van der Waals surface area contributed by atoms with Crippen molar-refractivity contribution < 1.29 is 9.53 Å². The number of nitrogens with zero attached hydrogens (tertiary/aromatic N) is 3. The summed E-state index contributed by atoms with van der Waals surface area (Å²) >= 11 is 0. The monoisotopic (exact) mass is 280 g/mol. The Hall–Kier alpha value is -1.46. The molecule has 2 heterocycles. The van der Waals surface area contributed by atoms with E-state index in [1.54, 1.807) is 0 Å². The molecule has 1 amide bonds. The second kappa shape index (κ2) is 4.82. The zero-order valence-corrected chi connectivity index (χ0v) is 12.6. The Bertz CT molecular complexity index is 425. The smallest absolute Gasteiger partial charge is 0.410 e. The number of hydrogen-bond donors (Lipinski definition) is 1. The van der Waals surface area contributed by atoms with Crippen molar-refractivity contribution in [1.29, 1.82) is 0 Å². The average Bonchev–Trinajstić information content (AvgIpc) is 3.07. The van der Waals surface area contributed by atoms with E-state index in [1.807, 2.05) is 25.7 Å². The lowest BCUT2D eigenvalue weighted by molar-refractivity contribution is 0.0137. The van der Waals surface area contributed by atoms with E-state index in [1.165, 1.54) is 12.8 Å². The number of carbonyl (C=O) groups excluding carboxylic acids is 1. The molecule has 0 aromatic carbocycles. The third-order valence-corrected chi connectivity index (χ3v) is 3.77. The van der Waals surface area contributed by atoms with Crippen molar-refractivity contribution in [3.8, 4) is 0 Å². The maximum Gasteiger partial charge on any atom is 0.410 e. The summed E-state index contributed by atoms with van der Waals surface area (Å²) in [5.74, 6) is 1.03. The summed E-state index contributed by atoms with van der Waals surface area (Å²) in [6, 6.07) is 0.925. The van der Waals surface area contributed by atoms with Gasteiger partial charge in [-0.15, -0.1) is 0 Å². The van der Waals surface area contributed by atoms with Crippen LogP contribution in [-0.2, 0) is 4.74 Å². The van der Waals surface area contributed by atoms with Crippen LogP contribution in [0.5, 0.6) is 0 Å². The quantitative estimate of drug-likeness (QED) is 0.779. The van der Waals surface area contributed by atoms with E-state index < -0.39 is 5.60 Å². The molecule has 3 rings (SSSR count). The third-order valence-electron chi connectivity index (χ3n) is 3.77. The van der Waals surface area contributed by atoms with E-state index >= 15 is 0 Å². The van der Waals surface area contributed by atoms with Gasteiger partial charge in [-0.2, -0.15) is 0 Å². The van der Waals surface area contributed by atoms with Crippen molar-refractivity contribution in [3.05, 3.63) is 0 Å². The van der Waals surface area contributed by atoms with Crippen LogP contribution in [0.1, 0.15) is 33.6 Å². The molecule has 0 radical (unpaired) electrons. The van der Waals surface area contributed by atoms with E-state index in [0.29, 0.717) is 25.2 Å². The number of hydrogen-bond acceptors (Lipinski definition) is 5. The number of nitrogens with one attached hydrogen (secondary N) is 1. The molecule has 20 heavy (non-hydrogen) atoms. The summed E-state index contributed by atoms with van der Waals surface area (Å²) in [7, 11) is 0. The van der Waals surface area contributed by atoms with Crippen LogP contribution >= 0.6 is 0 Å². The Morgan fingerprint density at radius 1 is 1.35 bits per heavy atom. The molecular formula is C14H24N4O2. The third kappa shape index (κ3) is 2.99. The zero-order valence-electron chi connectivity index (χ0n) is 12.6. The molecule has 6 heteroatoms. The van der Waals surface area contributed by atoms with Gasteiger partial charge < -0.3 is 19.9 Å². The zero-order chi connectivity index (χ0) is 14.3. The predicted octanol–water partition coefficient (Wildman–Crippen LogP) is 1.03. The van der Waals surface area contributed by atoms with Gasteiger partial charge in [-0.25, -0.2) is 4.79 Å². The van der Waals surface area contributed by atoms with Gasteiger partial charge in [0.1, 0.15) is 5.60 Å². The molecule has 0 bridgehead atoms. The number of amides is 1. The van der Waals surface area contributed by atoms with E-state index in [9.17, 15) is 4.79 Å². The minimum atomic E-state index is -0.431. The standard InChI is InChI=1S/C14H24N4O2/c1-14(2,3)20-13(19)17-6-7-18-11(9-17)8-15-12(18)16-10-4-5-10/h10-11H,4-9H2,1-3H3,(H,15,16)/t11-/m0/s1. The van der Waals surface area contributed by atoms with Gasteiger partial charge in [-0.3, -0.25) is 4.99 Å². The summed E-state index contributed by atoms with van der Waals surface area (Å²) in [6.07, 6.45) is 2.30. The summed E-state index contributed by atoms with van der Waals surface area (Å²) < 4.78 is 5.44. The van der Waals surface area contributed by atoms with Crippen molar-refractivity contribution in [1.82, 2.24) is 15.1 Å². The second-order valence-corrected chi connectivity index (χ2v) is 6.86. The predicted molar refractivity (Wildman–Crippen MR) is 76.8 cm³/mol. The molecule has 6 nitrogen and oxygen atoms in total. The van der Waals surface area contributed by atoms with Crippen LogP contribution in [0.4, 0.5) is 4.79 Å². The maximum absolute atomic E-state index is 12.1. The van der Waals surface area contributed by atoms with Crippen LogP contribution < -0.4 is 5.32 Å². The Morgan fingerprint density at radius 3 is 2.75 bits per heavy atom. The first-order chi connectivity index (χ1) is 9.42. The highest BCUT2D eigenvalue weighted by molar-refractivity contribution is 5.83. The first-order valence-electron chi connectivity index (χ1n) is 7.48. The molecule has 3 aliphatic rings. The van der Waals surface area contributed by atoms with E-state index in [0.717, 1.165) is 19.0 Å². The molecule has 1 saturated carbocycles. The van der Waals surface area contributed by atoms with Gasteiger partial charge in [-0.1, -0.05) is 0 Å². The minimum Gasteiger partial charge on any atom is -0.444 e. The summed E-state index contributed by atoms with van der Waals surface area (Å²) in [6.45, 7) is 8.72. The molecule has 1 aliphatic carbocycles. The Morgan fingerprint density at radius 2 is 2.10 bits per heavy atom. The maximum atomic E-state index is 12.1. The van der Waals surface area contributed by atoms with Crippen molar-refractivity contribution in [3.63, 3.8) is 0 Å². The highest BCUT2D eigenvalue weighted by atomic mass is 16.6. The number of carbonyl (C=O) groups is 1. The first kappa shape index (κ1) is 13.5. The van der Waals surface area contributed by atoms with Gasteiger partial charge in [0.15, 0.2) is 5.96 Å². The minimum absolute atomic E-state index is 0.208. The van der Waals surface area contributed by atoms with Crippen molar-refractivity contribution in [2.45, 2.75) is 51.3 Å². The number of piperazine rings is 1. The fraction of sp³-hybridized carbons (Fsp3) is 0.857. The summed E-state index contributed by atoms with van der Waals surface area (Å²) in [5, 5.41) is 3.48. The Labute approximate surface area is 120 Å². The molecule has 0 aromatic rings. The van der Waals surface area contributed by atoms with Crippen LogP contribution in [0.15, 0.2) is 4.99 Å². The summed E-state index contributed by atoms with van der Waals surface area (Å²) in [5.41, 5.74) is -0.431. The van der Waals surface area contributed by atoms with Gasteiger partial charge in [0.05, 0.1) is 12.6 Å². The van der Waals surface area contributed by atoms with Gasteiger partial charge in [0, 0.05) is 25.7 Å². The summed E-state index contributed by atoms with van der Waals surface area (Å²) in [4.78, 5) is 20.8. The highest BCUT2D eigenvalue weighted by Crippen LogP contribution is 2.23. The molecule has 1 atom stereocenters. The second-order valence-electron chi connectivity index (χ2n) is 6.86. The van der Waals surface area contributed by atoms with E-state index in [2.05, 4.69) is 15.2 Å². The molecule has 0 aromatic heterocycles. The number of ether oxygens (including phenoxy) is 1. The number of guanidine groups is 1. The van der Waals surface area contributed by atoms with Crippen LogP contribution in [0.2, 0.25) is 0 Å². The van der Waals surface area contributed by atoms with Gasteiger partial charge in [0.25, 0.3) is 0 Å². The van der Waals surface area contributed by atoms with Crippen LogP contribution in [-0.4, -0.2) is 65.7 Å². The van der Waals surface area contributed by atoms with Crippen LogP contribution in [0, 0.1) is 0 Å². The number of fused-ring (bicyclic) bond motifs is 1. The SMILES string of the molecule is CC(C)(C)OC(=O)N1CCN2C(NC3CC3)=NC[C@H]2C1. The lowest BCUT2D eigenvalue weighted by atomic mass is 10.2. The molecule has 0 unspecified atom stereocenters. The average molecular weight is 280 g/mol. The van der Waals surface area contributed by atoms with Crippen molar-refractivity contribution >= 4 is 12.1 Å². The molecule has 2 aliphatic heterocycles. The normalized spacial score (nSPS) is 26.1. The largest absolute Gasteiger partial charge is 0.444 e. The molecule has 1 N–H and O–H groups in total. The lowest BCUT2D eigenvalue weighted by Gasteiger charge is -2.39. The fourth-order valence-electron chi connectivity index (χ4n) is 2.60. The molecule has 0 spiro atoms. The van der Waals surface area contributed by atoms with Gasteiger partial charge in [0.2, 0.25) is 0 Å². The Balaban J connectivity index is 1.54. The Kier molecular flexibility index (Phi) is 3.26. The first-order valence-corrected chi connectivity index (χ1v) is 7.48. The lowest BCUT2D eigenvalue weighted by Crippen LogP contribution is -2.57. The fourth-order valence-corrected chi connectivity index (χ4v) is 2.60. The van der Waals surface area contributed by atoms with E-state index in [-0.39, 0.29) is 6.09 Å². The van der Waals surface area contributed by atoms with Gasteiger partial charge >= 0.3 is 6.09 Å².